The van der Waals surface area contributed by atoms with Crippen molar-refractivity contribution in [2.24, 2.45) is 5.92 Å². The van der Waals surface area contributed by atoms with Gasteiger partial charge in [-0.05, 0) is 25.0 Å². The van der Waals surface area contributed by atoms with Crippen LogP contribution in [0.4, 0.5) is 5.69 Å². The average molecular weight is 398 g/mol. The lowest BCUT2D eigenvalue weighted by atomic mass is 9.95. The van der Waals surface area contributed by atoms with E-state index in [-0.39, 0.29) is 34.6 Å². The van der Waals surface area contributed by atoms with E-state index in [0.29, 0.717) is 36.6 Å². The molecule has 1 aromatic carbocycles. The Kier molecular flexibility index (Phi) is 4.82. The van der Waals surface area contributed by atoms with Crippen LogP contribution >= 0.6 is 11.3 Å². The van der Waals surface area contributed by atoms with Crippen LogP contribution in [0.25, 0.3) is 4.96 Å². The molecule has 2 N–H and O–H groups in total. The van der Waals surface area contributed by atoms with E-state index in [1.54, 1.807) is 34.7 Å². The summed E-state index contributed by atoms with van der Waals surface area (Å²) in [5.74, 6) is -0.796. The van der Waals surface area contributed by atoms with E-state index < -0.39 is 0 Å². The summed E-state index contributed by atoms with van der Waals surface area (Å²) in [4.78, 5) is 44.0. The number of amides is 2. The number of phenols is 1. The Morgan fingerprint density at radius 2 is 1.96 bits per heavy atom. The molecule has 3 aromatic rings. The van der Waals surface area contributed by atoms with Gasteiger partial charge in [-0.25, -0.2) is 4.98 Å². The van der Waals surface area contributed by atoms with Gasteiger partial charge in [0.15, 0.2) is 4.96 Å². The Morgan fingerprint density at radius 1 is 1.21 bits per heavy atom. The zero-order chi connectivity index (χ0) is 19.7. The molecule has 1 fully saturated rings. The third kappa shape index (κ3) is 3.36. The molecule has 1 aliphatic heterocycles. The zero-order valence-corrected chi connectivity index (χ0v) is 15.7. The van der Waals surface area contributed by atoms with E-state index in [1.165, 1.54) is 28.0 Å². The number of piperidine rings is 1. The topological polar surface area (TPSA) is 104 Å². The van der Waals surface area contributed by atoms with Gasteiger partial charge in [0.1, 0.15) is 11.3 Å². The molecule has 1 aliphatic rings. The minimum absolute atomic E-state index is 0.0141. The smallest absolute Gasteiger partial charge is 0.271 e. The van der Waals surface area contributed by atoms with Gasteiger partial charge < -0.3 is 15.3 Å². The maximum atomic E-state index is 12.7. The summed E-state index contributed by atoms with van der Waals surface area (Å²) >= 11 is 1.33. The molecule has 144 valence electrons. The third-order valence-corrected chi connectivity index (χ3v) is 5.66. The molecule has 2 amide bonds. The van der Waals surface area contributed by atoms with E-state index in [2.05, 4.69) is 10.3 Å². The largest absolute Gasteiger partial charge is 0.506 e. The van der Waals surface area contributed by atoms with Crippen molar-refractivity contribution < 1.29 is 14.7 Å². The summed E-state index contributed by atoms with van der Waals surface area (Å²) in [5.41, 5.74) is 0.0258. The molecule has 28 heavy (non-hydrogen) atoms. The van der Waals surface area contributed by atoms with E-state index in [4.69, 9.17) is 0 Å². The van der Waals surface area contributed by atoms with Crippen LogP contribution in [0.15, 0.2) is 46.8 Å². The standard InChI is InChI=1S/C19H18N4O4S/c24-15-4-2-1-3-14(15)21-16(25)12-5-7-22(8-6-12)17(26)13-11-20-19-23(18(13)27)9-10-28-19/h1-4,9-12,24H,5-8H2,(H,21,25). The van der Waals surface area contributed by atoms with Gasteiger partial charge >= 0.3 is 0 Å². The SMILES string of the molecule is O=C(Nc1ccccc1O)C1CCN(C(=O)c2cnc3sccn3c2=O)CC1. The van der Waals surface area contributed by atoms with Gasteiger partial charge in [-0.3, -0.25) is 18.8 Å². The summed E-state index contributed by atoms with van der Waals surface area (Å²) in [6, 6.07) is 6.55. The van der Waals surface area contributed by atoms with Gasteiger partial charge in [0.2, 0.25) is 5.91 Å². The van der Waals surface area contributed by atoms with Gasteiger partial charge in [-0.15, -0.1) is 11.3 Å². The highest BCUT2D eigenvalue weighted by molar-refractivity contribution is 7.15. The summed E-state index contributed by atoms with van der Waals surface area (Å²) in [5, 5.41) is 14.3. The molecule has 4 rings (SSSR count). The first kappa shape index (κ1) is 18.2. The van der Waals surface area contributed by atoms with E-state index in [0.717, 1.165) is 0 Å². The third-order valence-electron chi connectivity index (χ3n) is 4.89. The molecule has 8 nitrogen and oxygen atoms in total. The number of hydrogen-bond acceptors (Lipinski definition) is 6. The number of carbonyl (C=O) groups excluding carboxylic acids is 2. The van der Waals surface area contributed by atoms with E-state index in [1.807, 2.05) is 0 Å². The fraction of sp³-hybridized carbons (Fsp3) is 0.263. The van der Waals surface area contributed by atoms with E-state index in [9.17, 15) is 19.5 Å². The quantitative estimate of drug-likeness (QED) is 0.657. The number of anilines is 1. The summed E-state index contributed by atoms with van der Waals surface area (Å²) in [6.07, 6.45) is 3.90. The predicted octanol–water partition coefficient (Wildman–Crippen LogP) is 1.95. The van der Waals surface area contributed by atoms with Crippen molar-refractivity contribution >= 4 is 33.8 Å². The van der Waals surface area contributed by atoms with Gasteiger partial charge in [-0.2, -0.15) is 0 Å². The monoisotopic (exact) mass is 398 g/mol. The molecule has 9 heteroatoms. The molecular formula is C19H18N4O4S. The number of nitrogens with zero attached hydrogens (tertiary/aromatic N) is 3. The van der Waals surface area contributed by atoms with Crippen molar-refractivity contribution in [3.8, 4) is 5.75 Å². The van der Waals surface area contributed by atoms with Crippen LogP contribution in [0, 0.1) is 5.92 Å². The van der Waals surface area contributed by atoms with Crippen LogP contribution in [0.5, 0.6) is 5.75 Å². The first-order valence-electron chi connectivity index (χ1n) is 8.87. The second-order valence-corrected chi connectivity index (χ2v) is 7.48. The van der Waals surface area contributed by atoms with Crippen LogP contribution in [0.3, 0.4) is 0 Å². The van der Waals surface area contributed by atoms with Crippen molar-refractivity contribution in [3.05, 3.63) is 58.0 Å². The number of hydrogen-bond donors (Lipinski definition) is 2. The number of likely N-dealkylation sites (tertiary alicyclic amines) is 1. The number of aromatic hydroxyl groups is 1. The zero-order valence-electron chi connectivity index (χ0n) is 14.9. The number of thiazole rings is 1. The minimum atomic E-state index is -0.379. The summed E-state index contributed by atoms with van der Waals surface area (Å²) in [7, 11) is 0. The molecule has 1 saturated heterocycles. The molecular weight excluding hydrogens is 380 g/mol. The molecule has 0 bridgehead atoms. The van der Waals surface area contributed by atoms with Gasteiger partial charge in [0, 0.05) is 36.8 Å². The number of nitrogens with one attached hydrogen (secondary N) is 1. The number of rotatable bonds is 3. The van der Waals surface area contributed by atoms with E-state index >= 15 is 0 Å². The maximum Gasteiger partial charge on any atom is 0.271 e. The Labute approximate surface area is 164 Å². The molecule has 0 spiro atoms. The van der Waals surface area contributed by atoms with Gasteiger partial charge in [0.25, 0.3) is 11.5 Å². The molecule has 0 aliphatic carbocycles. The summed E-state index contributed by atoms with van der Waals surface area (Å²) < 4.78 is 1.37. The fourth-order valence-corrected chi connectivity index (χ4v) is 3.98. The fourth-order valence-electron chi connectivity index (χ4n) is 3.30. The minimum Gasteiger partial charge on any atom is -0.506 e. The van der Waals surface area contributed by atoms with Crippen LogP contribution in [-0.2, 0) is 4.79 Å². The lowest BCUT2D eigenvalue weighted by Crippen LogP contribution is -2.43. The molecule has 2 aromatic heterocycles. The highest BCUT2D eigenvalue weighted by Gasteiger charge is 2.29. The second kappa shape index (κ2) is 7.43. The van der Waals surface area contributed by atoms with Crippen LogP contribution in [0.1, 0.15) is 23.2 Å². The number of benzene rings is 1. The highest BCUT2D eigenvalue weighted by Crippen LogP contribution is 2.25. The number of para-hydroxylation sites is 2. The lowest BCUT2D eigenvalue weighted by molar-refractivity contribution is -0.121. The molecule has 0 saturated carbocycles. The van der Waals surface area contributed by atoms with Crippen LogP contribution in [-0.4, -0.2) is 44.3 Å². The van der Waals surface area contributed by atoms with Gasteiger partial charge in [0.05, 0.1) is 5.69 Å². The number of phenolic OH excluding ortho intramolecular Hbond substituents is 1. The van der Waals surface area contributed by atoms with Crippen LogP contribution < -0.4 is 10.9 Å². The Bertz CT molecular complexity index is 1100. The summed E-state index contributed by atoms with van der Waals surface area (Å²) in [6.45, 7) is 0.757. The highest BCUT2D eigenvalue weighted by atomic mass is 32.1. The Morgan fingerprint density at radius 3 is 2.71 bits per heavy atom. The Balaban J connectivity index is 1.41. The first-order valence-corrected chi connectivity index (χ1v) is 9.75. The normalized spacial score (nSPS) is 14.9. The number of carbonyl (C=O) groups is 2. The van der Waals surface area contributed by atoms with Crippen molar-refractivity contribution in [1.82, 2.24) is 14.3 Å². The van der Waals surface area contributed by atoms with Crippen LogP contribution in [0.2, 0.25) is 0 Å². The number of fused-ring (bicyclic) bond motifs is 1. The van der Waals surface area contributed by atoms with Gasteiger partial charge in [-0.1, -0.05) is 12.1 Å². The molecule has 0 radical (unpaired) electrons. The second-order valence-electron chi connectivity index (χ2n) is 6.61. The number of aromatic nitrogens is 2. The predicted molar refractivity (Wildman–Crippen MR) is 105 cm³/mol. The molecule has 3 heterocycles. The maximum absolute atomic E-state index is 12.7. The molecule has 0 unspecified atom stereocenters. The average Bonchev–Trinajstić information content (AvgIpc) is 3.19. The van der Waals surface area contributed by atoms with Crippen molar-refractivity contribution in [2.45, 2.75) is 12.8 Å². The van der Waals surface area contributed by atoms with Crippen molar-refractivity contribution in [2.75, 3.05) is 18.4 Å². The first-order chi connectivity index (χ1) is 13.5. The van der Waals surface area contributed by atoms with Crippen molar-refractivity contribution in [1.29, 1.82) is 0 Å². The lowest BCUT2D eigenvalue weighted by Gasteiger charge is -2.31. The molecule has 0 atom stereocenters. The Hall–Kier alpha value is -3.20. The van der Waals surface area contributed by atoms with Crippen molar-refractivity contribution in [3.63, 3.8) is 0 Å².